The number of benzene rings is 1. The minimum atomic E-state index is 0.211. The molecule has 1 aromatic rings. The summed E-state index contributed by atoms with van der Waals surface area (Å²) in [5, 5.41) is 0.330. The van der Waals surface area contributed by atoms with Crippen LogP contribution in [-0.2, 0) is 11.2 Å². The predicted octanol–water partition coefficient (Wildman–Crippen LogP) is 2.97. The van der Waals surface area contributed by atoms with Gasteiger partial charge in [-0.05, 0) is 40.7 Å². The fourth-order valence-electron chi connectivity index (χ4n) is 1.29. The molecule has 16 heavy (non-hydrogen) atoms. The highest BCUT2D eigenvalue weighted by atomic mass is 32.2. The van der Waals surface area contributed by atoms with Crippen molar-refractivity contribution in [3.63, 3.8) is 0 Å². The van der Waals surface area contributed by atoms with Gasteiger partial charge in [0.2, 0.25) is 0 Å². The van der Waals surface area contributed by atoms with Gasteiger partial charge in [-0.3, -0.25) is 0 Å². The molecule has 0 saturated heterocycles. The van der Waals surface area contributed by atoms with Crippen molar-refractivity contribution in [1.29, 1.82) is 0 Å². The Morgan fingerprint density at radius 1 is 1.31 bits per heavy atom. The molecule has 0 aliphatic heterocycles. The van der Waals surface area contributed by atoms with Crippen molar-refractivity contribution in [2.45, 2.75) is 31.9 Å². The first-order chi connectivity index (χ1) is 7.39. The van der Waals surface area contributed by atoms with Crippen LogP contribution in [0.25, 0.3) is 0 Å². The summed E-state index contributed by atoms with van der Waals surface area (Å²) in [6.45, 7) is 6.64. The van der Waals surface area contributed by atoms with Crippen LogP contribution >= 0.6 is 24.2 Å². The third kappa shape index (κ3) is 4.41. The summed E-state index contributed by atoms with van der Waals surface area (Å²) in [5.74, 6) is 0.863. The smallest absolute Gasteiger partial charge is 0.173 e. The lowest BCUT2D eigenvalue weighted by Crippen LogP contribution is -2.22. The fraction of sp³-hybridized carbons (Fsp3) is 0.417. The summed E-state index contributed by atoms with van der Waals surface area (Å²) in [4.78, 5) is 0. The van der Waals surface area contributed by atoms with Crippen molar-refractivity contribution >= 4 is 29.3 Å². The highest BCUT2D eigenvalue weighted by Crippen LogP contribution is 2.22. The van der Waals surface area contributed by atoms with Crippen LogP contribution in [0.15, 0.2) is 24.3 Å². The van der Waals surface area contributed by atoms with Gasteiger partial charge < -0.3 is 10.5 Å². The van der Waals surface area contributed by atoms with Crippen LogP contribution in [0.5, 0.6) is 0 Å². The van der Waals surface area contributed by atoms with E-state index in [2.05, 4.69) is 49.8 Å². The van der Waals surface area contributed by atoms with E-state index in [4.69, 9.17) is 18.0 Å². The van der Waals surface area contributed by atoms with Crippen LogP contribution in [0.3, 0.4) is 0 Å². The van der Waals surface area contributed by atoms with Gasteiger partial charge in [-0.15, -0.1) is 0 Å². The van der Waals surface area contributed by atoms with Gasteiger partial charge in [-0.2, -0.15) is 0 Å². The normalized spacial score (nSPS) is 11.2. The van der Waals surface area contributed by atoms with Crippen molar-refractivity contribution in [1.82, 2.24) is 4.72 Å². The molecule has 3 N–H and O–H groups in total. The summed E-state index contributed by atoms with van der Waals surface area (Å²) in [5.41, 5.74) is 8.16. The molecule has 0 aliphatic rings. The molecule has 1 aromatic carbocycles. The average Bonchev–Trinajstić information content (AvgIpc) is 2.16. The molecule has 0 heterocycles. The highest BCUT2D eigenvalue weighted by Gasteiger charge is 2.12. The van der Waals surface area contributed by atoms with Crippen LogP contribution in [0, 0.1) is 0 Å². The van der Waals surface area contributed by atoms with E-state index in [1.54, 1.807) is 0 Å². The molecule has 0 amide bonds. The van der Waals surface area contributed by atoms with E-state index in [0.717, 1.165) is 5.75 Å². The average molecular weight is 254 g/mol. The predicted molar refractivity (Wildman–Crippen MR) is 76.4 cm³/mol. The molecular weight excluding hydrogens is 236 g/mol. The number of rotatable bonds is 3. The molecule has 2 nitrogen and oxygen atoms in total. The summed E-state index contributed by atoms with van der Waals surface area (Å²) in [6.07, 6.45) is 0. The molecule has 0 spiro atoms. The molecule has 1 rings (SSSR count). The molecular formula is C12H18N2S2. The Morgan fingerprint density at radius 3 is 2.31 bits per heavy atom. The van der Waals surface area contributed by atoms with E-state index >= 15 is 0 Å². The minimum Gasteiger partial charge on any atom is -0.376 e. The zero-order valence-electron chi connectivity index (χ0n) is 9.91. The SMILES string of the molecule is CC(C)(C)c1ccc(CSNC(N)=S)cc1. The molecule has 0 radical (unpaired) electrons. The van der Waals surface area contributed by atoms with Crippen LogP contribution in [-0.4, -0.2) is 5.11 Å². The minimum absolute atomic E-state index is 0.211. The van der Waals surface area contributed by atoms with Gasteiger partial charge in [0.15, 0.2) is 5.11 Å². The lowest BCUT2D eigenvalue weighted by Gasteiger charge is -2.19. The number of thiocarbonyl (C=S) groups is 1. The maximum atomic E-state index is 5.34. The Morgan fingerprint density at radius 2 is 1.88 bits per heavy atom. The Labute approximate surface area is 107 Å². The first kappa shape index (κ1) is 13.3. The number of nitrogens with one attached hydrogen (secondary N) is 1. The van der Waals surface area contributed by atoms with Gasteiger partial charge in [0.25, 0.3) is 0 Å². The molecule has 0 aromatic heterocycles. The molecule has 0 unspecified atom stereocenters. The first-order valence-corrected chi connectivity index (χ1v) is 6.55. The van der Waals surface area contributed by atoms with E-state index in [1.165, 1.54) is 23.1 Å². The van der Waals surface area contributed by atoms with E-state index < -0.39 is 0 Å². The van der Waals surface area contributed by atoms with Crippen molar-refractivity contribution < 1.29 is 0 Å². The standard InChI is InChI=1S/C12H18N2S2/c1-12(2,3)10-6-4-9(5-7-10)8-16-14-11(13)15/h4-7H,8H2,1-3H3,(H3,13,14,15). The maximum absolute atomic E-state index is 5.34. The van der Waals surface area contributed by atoms with Gasteiger partial charge in [-0.1, -0.05) is 45.0 Å². The fourth-order valence-corrected chi connectivity index (χ4v) is 2.04. The van der Waals surface area contributed by atoms with Gasteiger partial charge in [0.05, 0.1) is 0 Å². The summed E-state index contributed by atoms with van der Waals surface area (Å²) < 4.78 is 2.86. The van der Waals surface area contributed by atoms with E-state index in [-0.39, 0.29) is 5.41 Å². The summed E-state index contributed by atoms with van der Waals surface area (Å²) in [7, 11) is 0. The summed E-state index contributed by atoms with van der Waals surface area (Å²) >= 11 is 6.24. The third-order valence-corrected chi connectivity index (χ3v) is 3.30. The van der Waals surface area contributed by atoms with Crippen molar-refractivity contribution in [2.75, 3.05) is 0 Å². The van der Waals surface area contributed by atoms with Crippen LogP contribution in [0.1, 0.15) is 31.9 Å². The molecule has 88 valence electrons. The van der Waals surface area contributed by atoms with Crippen LogP contribution in [0.4, 0.5) is 0 Å². The van der Waals surface area contributed by atoms with E-state index in [1.807, 2.05) is 0 Å². The molecule has 0 aliphatic carbocycles. The third-order valence-electron chi connectivity index (χ3n) is 2.23. The zero-order chi connectivity index (χ0) is 12.2. The zero-order valence-corrected chi connectivity index (χ0v) is 11.5. The lowest BCUT2D eigenvalue weighted by molar-refractivity contribution is 0.590. The van der Waals surface area contributed by atoms with Crippen LogP contribution in [0.2, 0.25) is 0 Å². The van der Waals surface area contributed by atoms with Crippen LogP contribution < -0.4 is 10.5 Å². The molecule has 0 saturated carbocycles. The molecule has 0 atom stereocenters. The monoisotopic (exact) mass is 254 g/mol. The van der Waals surface area contributed by atoms with Gasteiger partial charge >= 0.3 is 0 Å². The second-order valence-corrected chi connectivity index (χ2v) is 5.92. The van der Waals surface area contributed by atoms with Gasteiger partial charge in [-0.25, -0.2) is 0 Å². The molecule has 0 fully saturated rings. The first-order valence-electron chi connectivity index (χ1n) is 5.16. The number of nitrogens with two attached hydrogens (primary N) is 1. The van der Waals surface area contributed by atoms with E-state index in [9.17, 15) is 0 Å². The quantitative estimate of drug-likeness (QED) is 0.642. The lowest BCUT2D eigenvalue weighted by atomic mass is 9.87. The molecule has 4 heteroatoms. The topological polar surface area (TPSA) is 38.0 Å². The van der Waals surface area contributed by atoms with Crippen molar-refractivity contribution in [3.8, 4) is 0 Å². The number of hydrogen-bond acceptors (Lipinski definition) is 2. The maximum Gasteiger partial charge on any atom is 0.173 e. The van der Waals surface area contributed by atoms with E-state index in [0.29, 0.717) is 5.11 Å². The van der Waals surface area contributed by atoms with Gasteiger partial charge in [0, 0.05) is 5.75 Å². The Bertz CT molecular complexity index is 352. The molecule has 0 bridgehead atoms. The number of hydrogen-bond donors (Lipinski definition) is 2. The highest BCUT2D eigenvalue weighted by molar-refractivity contribution is 7.98. The largest absolute Gasteiger partial charge is 0.376 e. The van der Waals surface area contributed by atoms with Crippen molar-refractivity contribution in [2.24, 2.45) is 5.73 Å². The van der Waals surface area contributed by atoms with Gasteiger partial charge in [0.1, 0.15) is 0 Å². The second-order valence-electron chi connectivity index (χ2n) is 4.70. The Hall–Kier alpha value is -0.740. The van der Waals surface area contributed by atoms with Crippen molar-refractivity contribution in [3.05, 3.63) is 35.4 Å². The Balaban J connectivity index is 2.55. The summed E-state index contributed by atoms with van der Waals surface area (Å²) in [6, 6.07) is 8.65. The Kier molecular flexibility index (Phi) is 4.62. The second kappa shape index (κ2) is 5.55.